The molecule has 3 unspecified atom stereocenters. The summed E-state index contributed by atoms with van der Waals surface area (Å²) in [6.07, 6.45) is 2.34. The Kier molecular flexibility index (Phi) is 7.19. The lowest BCUT2D eigenvalue weighted by atomic mass is 9.62. The molecule has 0 aliphatic carbocycles. The first-order valence-corrected chi connectivity index (χ1v) is 12.9. The second-order valence-electron chi connectivity index (χ2n) is 10.4. The van der Waals surface area contributed by atoms with Gasteiger partial charge in [0, 0.05) is 19.7 Å². The number of rotatable bonds is 9. The molecule has 1 aromatic carbocycles. The van der Waals surface area contributed by atoms with Gasteiger partial charge in [0.15, 0.2) is 0 Å². The van der Waals surface area contributed by atoms with Crippen LogP contribution in [0.4, 0.5) is 5.69 Å². The number of aliphatic hydroxyl groups is 1. The first-order valence-electron chi connectivity index (χ1n) is 12.6. The smallest absolute Gasteiger partial charge is 0.250 e. The van der Waals surface area contributed by atoms with Crippen molar-refractivity contribution in [3.8, 4) is 0 Å². The molecule has 0 saturated carbocycles. The van der Waals surface area contributed by atoms with Gasteiger partial charge in [0.1, 0.15) is 11.6 Å². The Morgan fingerprint density at radius 1 is 1.29 bits per heavy atom. The molecule has 9 heteroatoms. The fourth-order valence-corrected chi connectivity index (χ4v) is 6.68. The number of aryl methyl sites for hydroxylation is 1. The van der Waals surface area contributed by atoms with Crippen molar-refractivity contribution in [2.24, 2.45) is 17.8 Å². The minimum atomic E-state index is -1.10. The van der Waals surface area contributed by atoms with Crippen LogP contribution in [0, 0.1) is 24.7 Å². The van der Waals surface area contributed by atoms with Crippen LogP contribution >= 0.6 is 11.6 Å². The number of likely N-dealkylation sites (tertiary alicyclic amines) is 1. The van der Waals surface area contributed by atoms with Crippen molar-refractivity contribution in [2.45, 2.75) is 70.6 Å². The van der Waals surface area contributed by atoms with Gasteiger partial charge in [-0.1, -0.05) is 37.6 Å². The lowest BCUT2D eigenvalue weighted by molar-refractivity contribution is -0.146. The molecule has 3 N–H and O–H groups in total. The number of unbranched alkanes of at least 4 members (excludes halogenated alkanes) is 1. The summed E-state index contributed by atoms with van der Waals surface area (Å²) in [6, 6.07) is 4.48. The predicted octanol–water partition coefficient (Wildman–Crippen LogP) is 2.90. The number of ether oxygens (including phenoxy) is 1. The third kappa shape index (κ3) is 4.03. The highest BCUT2D eigenvalue weighted by atomic mass is 35.5. The zero-order valence-corrected chi connectivity index (χ0v) is 21.7. The van der Waals surface area contributed by atoms with Crippen molar-refractivity contribution < 1.29 is 24.2 Å². The highest BCUT2D eigenvalue weighted by Crippen LogP contribution is 2.65. The van der Waals surface area contributed by atoms with Gasteiger partial charge < -0.3 is 25.4 Å². The number of para-hydroxylation sites is 1. The molecule has 0 radical (unpaired) electrons. The number of carbonyl (C=O) groups is 3. The van der Waals surface area contributed by atoms with E-state index in [9.17, 15) is 19.5 Å². The summed E-state index contributed by atoms with van der Waals surface area (Å²) in [5, 5.41) is 15.6. The van der Waals surface area contributed by atoms with Gasteiger partial charge in [-0.15, -0.1) is 0 Å². The van der Waals surface area contributed by atoms with Gasteiger partial charge >= 0.3 is 0 Å². The van der Waals surface area contributed by atoms with Gasteiger partial charge in [0.2, 0.25) is 17.7 Å². The SMILES string of the molecule is CCCNC(=O)[C@@H]1[C@H]2C(=O)N(CCCCO)C(C(=O)Nc3c(C)cccc3Cl)C23CC(C)[C@@]1(C)O3. The molecule has 1 spiro atoms. The van der Waals surface area contributed by atoms with Crippen LogP contribution < -0.4 is 10.6 Å². The van der Waals surface area contributed by atoms with Crippen LogP contribution in [0.1, 0.15) is 52.0 Å². The Hall–Kier alpha value is -2.16. The Bertz CT molecular complexity index is 998. The van der Waals surface area contributed by atoms with Gasteiger partial charge in [0.25, 0.3) is 0 Å². The molecule has 6 atom stereocenters. The maximum absolute atomic E-state index is 13.9. The number of anilines is 1. The molecule has 35 heavy (non-hydrogen) atoms. The second kappa shape index (κ2) is 9.71. The maximum atomic E-state index is 13.9. The minimum absolute atomic E-state index is 0.0000626. The van der Waals surface area contributed by atoms with E-state index in [0.717, 1.165) is 12.0 Å². The number of fused-ring (bicyclic) bond motifs is 1. The van der Waals surface area contributed by atoms with Crippen LogP contribution in [0.15, 0.2) is 18.2 Å². The first kappa shape index (κ1) is 25.9. The summed E-state index contributed by atoms with van der Waals surface area (Å²) in [6.45, 7) is 8.58. The second-order valence-corrected chi connectivity index (χ2v) is 10.8. The first-order chi connectivity index (χ1) is 16.6. The predicted molar refractivity (Wildman–Crippen MR) is 133 cm³/mol. The molecule has 0 aromatic heterocycles. The lowest BCUT2D eigenvalue weighted by Crippen LogP contribution is -2.54. The van der Waals surface area contributed by atoms with Crippen LogP contribution in [-0.2, 0) is 19.1 Å². The van der Waals surface area contributed by atoms with Crippen molar-refractivity contribution in [3.63, 3.8) is 0 Å². The molecule has 3 aliphatic rings. The van der Waals surface area contributed by atoms with E-state index in [4.69, 9.17) is 16.3 Å². The van der Waals surface area contributed by atoms with Gasteiger partial charge in [-0.05, 0) is 57.1 Å². The van der Waals surface area contributed by atoms with E-state index in [-0.39, 0.29) is 30.2 Å². The number of nitrogens with zero attached hydrogens (tertiary/aromatic N) is 1. The highest BCUT2D eigenvalue weighted by molar-refractivity contribution is 6.34. The lowest BCUT2D eigenvalue weighted by Gasteiger charge is -2.36. The summed E-state index contributed by atoms with van der Waals surface area (Å²) in [5.74, 6) is -2.22. The molecule has 3 saturated heterocycles. The zero-order chi connectivity index (χ0) is 25.5. The molecule has 2 bridgehead atoms. The average molecular weight is 506 g/mol. The Labute approximate surface area is 211 Å². The van der Waals surface area contributed by atoms with Crippen LogP contribution in [0.5, 0.6) is 0 Å². The van der Waals surface area contributed by atoms with Crippen LogP contribution in [0.2, 0.25) is 5.02 Å². The zero-order valence-electron chi connectivity index (χ0n) is 20.9. The number of hydrogen-bond donors (Lipinski definition) is 3. The van der Waals surface area contributed by atoms with E-state index in [1.807, 2.05) is 39.8 Å². The monoisotopic (exact) mass is 505 g/mol. The molecule has 1 aromatic rings. The molecular weight excluding hydrogens is 470 g/mol. The standard InChI is InChI=1S/C26H36ClN3O5/c1-5-11-28-22(32)18-19-24(34)30(12-6-7-13-31)21(26(19)14-16(3)25(18,4)35-26)23(33)29-20-15(2)9-8-10-17(20)27/h8-10,16,18-19,21,31H,5-7,11-14H2,1-4H3,(H,28,32)(H,29,33)/t16?,18-,19-,21?,25+,26?/m0/s1. The third-order valence-electron chi connectivity index (χ3n) is 8.17. The van der Waals surface area contributed by atoms with Crippen LogP contribution in [0.3, 0.4) is 0 Å². The van der Waals surface area contributed by atoms with Gasteiger partial charge in [0.05, 0.1) is 28.1 Å². The number of nitrogens with one attached hydrogen (secondary N) is 2. The van der Waals surface area contributed by atoms with Gasteiger partial charge in [-0.25, -0.2) is 0 Å². The van der Waals surface area contributed by atoms with Crippen LogP contribution in [0.25, 0.3) is 0 Å². The average Bonchev–Trinajstić information content (AvgIpc) is 3.32. The van der Waals surface area contributed by atoms with Gasteiger partial charge in [-0.3, -0.25) is 14.4 Å². The summed E-state index contributed by atoms with van der Waals surface area (Å²) in [7, 11) is 0. The fourth-order valence-electron chi connectivity index (χ4n) is 6.41. The highest BCUT2D eigenvalue weighted by Gasteiger charge is 2.79. The van der Waals surface area contributed by atoms with E-state index in [1.54, 1.807) is 11.0 Å². The normalized spacial score (nSPS) is 33.2. The number of carbonyl (C=O) groups excluding carboxylic acids is 3. The quantitative estimate of drug-likeness (QED) is 0.447. The number of hydrogen-bond acceptors (Lipinski definition) is 5. The number of amides is 3. The van der Waals surface area contributed by atoms with Crippen molar-refractivity contribution >= 4 is 35.0 Å². The summed E-state index contributed by atoms with van der Waals surface area (Å²) in [4.78, 5) is 42.7. The van der Waals surface area contributed by atoms with Crippen molar-refractivity contribution in [3.05, 3.63) is 28.8 Å². The van der Waals surface area contributed by atoms with Crippen molar-refractivity contribution in [1.29, 1.82) is 0 Å². The molecular formula is C26H36ClN3O5. The maximum Gasteiger partial charge on any atom is 0.250 e. The van der Waals surface area contributed by atoms with E-state index < -0.39 is 29.1 Å². The molecule has 3 heterocycles. The molecule has 3 amide bonds. The Morgan fingerprint density at radius 3 is 2.69 bits per heavy atom. The molecule has 4 rings (SSSR count). The Morgan fingerprint density at radius 2 is 2.03 bits per heavy atom. The van der Waals surface area contributed by atoms with Gasteiger partial charge in [-0.2, -0.15) is 0 Å². The molecule has 192 valence electrons. The Balaban J connectivity index is 1.74. The van der Waals surface area contributed by atoms with Crippen LogP contribution in [-0.4, -0.2) is 64.7 Å². The largest absolute Gasteiger partial charge is 0.396 e. The molecule has 8 nitrogen and oxygen atoms in total. The van der Waals surface area contributed by atoms with E-state index in [2.05, 4.69) is 10.6 Å². The number of halogens is 1. The molecule has 3 fully saturated rings. The van der Waals surface area contributed by atoms with E-state index in [1.165, 1.54) is 0 Å². The summed E-state index contributed by atoms with van der Waals surface area (Å²) < 4.78 is 6.67. The minimum Gasteiger partial charge on any atom is -0.396 e. The van der Waals surface area contributed by atoms with E-state index in [0.29, 0.717) is 43.1 Å². The van der Waals surface area contributed by atoms with E-state index >= 15 is 0 Å². The third-order valence-corrected chi connectivity index (χ3v) is 8.49. The fraction of sp³-hybridized carbons (Fsp3) is 0.654. The topological polar surface area (TPSA) is 108 Å². The number of benzene rings is 1. The summed E-state index contributed by atoms with van der Waals surface area (Å²) >= 11 is 6.39. The van der Waals surface area contributed by atoms with Crippen molar-refractivity contribution in [1.82, 2.24) is 10.2 Å². The molecule has 3 aliphatic heterocycles. The summed E-state index contributed by atoms with van der Waals surface area (Å²) in [5.41, 5.74) is -0.623. The number of aliphatic hydroxyl groups excluding tert-OH is 1. The van der Waals surface area contributed by atoms with Crippen molar-refractivity contribution in [2.75, 3.05) is 25.0 Å².